The third kappa shape index (κ3) is 1.77. The molecule has 1 fully saturated rings. The summed E-state index contributed by atoms with van der Waals surface area (Å²) in [6.07, 6.45) is 16.7. The topological polar surface area (TPSA) is 17.1 Å². The Morgan fingerprint density at radius 1 is 1.26 bits per heavy atom. The Morgan fingerprint density at radius 3 is 2.78 bits per heavy atom. The van der Waals surface area contributed by atoms with Gasteiger partial charge < -0.3 is 0 Å². The molecule has 4 aliphatic rings. The molecule has 0 aliphatic heterocycles. The molecule has 1 nitrogen and oxygen atoms in total. The van der Waals surface area contributed by atoms with Crippen LogP contribution in [-0.4, -0.2) is 5.78 Å². The number of carbonyl (C=O) groups is 1. The molecule has 0 amide bonds. The lowest BCUT2D eigenvalue weighted by Gasteiger charge is -2.53. The van der Waals surface area contributed by atoms with E-state index < -0.39 is 0 Å². The van der Waals surface area contributed by atoms with Crippen LogP contribution in [0.25, 0.3) is 0 Å². The van der Waals surface area contributed by atoms with E-state index in [2.05, 4.69) is 51.7 Å². The van der Waals surface area contributed by atoms with Crippen LogP contribution in [0.4, 0.5) is 0 Å². The summed E-state index contributed by atoms with van der Waals surface area (Å²) in [7, 11) is 0. The van der Waals surface area contributed by atoms with E-state index in [0.29, 0.717) is 29.5 Å². The first-order chi connectivity index (χ1) is 10.8. The summed E-state index contributed by atoms with van der Waals surface area (Å²) >= 11 is 0. The SMILES string of the molecule is C=C[C@]1(C)CCC2C3C=CC4=CC(=O)CCC4(C)C3=CC[C@@]21C. The summed E-state index contributed by atoms with van der Waals surface area (Å²) in [4.78, 5) is 11.8. The van der Waals surface area contributed by atoms with E-state index in [1.165, 1.54) is 18.4 Å². The van der Waals surface area contributed by atoms with Crippen molar-refractivity contribution >= 4 is 5.78 Å². The number of ketones is 1. The first-order valence-corrected chi connectivity index (χ1v) is 9.11. The minimum atomic E-state index is 0.0851. The van der Waals surface area contributed by atoms with E-state index in [-0.39, 0.29) is 10.8 Å². The zero-order valence-electron chi connectivity index (χ0n) is 14.7. The van der Waals surface area contributed by atoms with Crippen LogP contribution < -0.4 is 0 Å². The second-order valence-electron chi connectivity index (χ2n) is 8.83. The lowest BCUT2D eigenvalue weighted by Crippen LogP contribution is -2.45. The van der Waals surface area contributed by atoms with Gasteiger partial charge in [-0.3, -0.25) is 4.79 Å². The number of hydrogen-bond acceptors (Lipinski definition) is 1. The van der Waals surface area contributed by atoms with Crippen LogP contribution in [-0.2, 0) is 4.79 Å². The highest BCUT2D eigenvalue weighted by molar-refractivity contribution is 5.92. The van der Waals surface area contributed by atoms with Crippen LogP contribution >= 0.6 is 0 Å². The Bertz CT molecular complexity index is 678. The van der Waals surface area contributed by atoms with Gasteiger partial charge in [0, 0.05) is 17.8 Å². The van der Waals surface area contributed by atoms with Crippen LogP contribution in [0.15, 0.2) is 48.1 Å². The van der Waals surface area contributed by atoms with Crippen LogP contribution in [0.2, 0.25) is 0 Å². The van der Waals surface area contributed by atoms with E-state index in [0.717, 1.165) is 12.8 Å². The highest BCUT2D eigenvalue weighted by Crippen LogP contribution is 2.67. The molecule has 23 heavy (non-hydrogen) atoms. The third-order valence-corrected chi connectivity index (χ3v) is 8.03. The fourth-order valence-corrected chi connectivity index (χ4v) is 5.96. The second-order valence-corrected chi connectivity index (χ2v) is 8.83. The fourth-order valence-electron chi connectivity index (χ4n) is 5.96. The maximum Gasteiger partial charge on any atom is 0.156 e. The maximum absolute atomic E-state index is 11.8. The second kappa shape index (κ2) is 4.59. The van der Waals surface area contributed by atoms with Crippen molar-refractivity contribution in [2.45, 2.75) is 52.9 Å². The Balaban J connectivity index is 1.81. The molecule has 122 valence electrons. The highest BCUT2D eigenvalue weighted by Gasteiger charge is 2.58. The molecular formula is C22H28O. The molecule has 4 aliphatic carbocycles. The maximum atomic E-state index is 11.8. The number of carbonyl (C=O) groups excluding carboxylic acids is 1. The van der Waals surface area contributed by atoms with E-state index >= 15 is 0 Å². The number of fused-ring (bicyclic) bond motifs is 5. The quantitative estimate of drug-likeness (QED) is 0.592. The third-order valence-electron chi connectivity index (χ3n) is 8.03. The Morgan fingerprint density at radius 2 is 2.04 bits per heavy atom. The van der Waals surface area contributed by atoms with Crippen molar-refractivity contribution in [1.29, 1.82) is 0 Å². The molecule has 0 N–H and O–H groups in total. The molecule has 0 aromatic heterocycles. The molecule has 1 heteroatoms. The largest absolute Gasteiger partial charge is 0.295 e. The predicted molar refractivity (Wildman–Crippen MR) is 94.9 cm³/mol. The zero-order valence-corrected chi connectivity index (χ0v) is 14.7. The summed E-state index contributed by atoms with van der Waals surface area (Å²) in [5, 5.41) is 0. The highest BCUT2D eigenvalue weighted by atomic mass is 16.1. The minimum Gasteiger partial charge on any atom is -0.295 e. The number of rotatable bonds is 1. The number of allylic oxidation sites excluding steroid dienone is 7. The average molecular weight is 308 g/mol. The van der Waals surface area contributed by atoms with Crippen molar-refractivity contribution in [1.82, 2.24) is 0 Å². The molecule has 0 heterocycles. The molecule has 0 aromatic carbocycles. The first kappa shape index (κ1) is 15.2. The molecule has 0 spiro atoms. The Hall–Kier alpha value is -1.37. The van der Waals surface area contributed by atoms with Crippen molar-refractivity contribution < 1.29 is 4.79 Å². The van der Waals surface area contributed by atoms with Gasteiger partial charge in [-0.05, 0) is 54.1 Å². The molecule has 0 saturated heterocycles. The van der Waals surface area contributed by atoms with Gasteiger partial charge in [-0.2, -0.15) is 0 Å². The lowest BCUT2D eigenvalue weighted by molar-refractivity contribution is -0.115. The molecule has 4 rings (SSSR count). The zero-order chi connectivity index (χ0) is 16.5. The van der Waals surface area contributed by atoms with Crippen LogP contribution in [0, 0.1) is 28.1 Å². The Kier molecular flexibility index (Phi) is 3.03. The van der Waals surface area contributed by atoms with Gasteiger partial charge in [0.15, 0.2) is 5.78 Å². The van der Waals surface area contributed by atoms with Crippen molar-refractivity contribution in [3.63, 3.8) is 0 Å². The first-order valence-electron chi connectivity index (χ1n) is 9.11. The van der Waals surface area contributed by atoms with E-state index in [9.17, 15) is 4.79 Å². The molecular weight excluding hydrogens is 280 g/mol. The normalized spacial score (nSPS) is 48.0. The molecule has 3 unspecified atom stereocenters. The van der Waals surface area contributed by atoms with Gasteiger partial charge in [-0.25, -0.2) is 0 Å². The van der Waals surface area contributed by atoms with Crippen LogP contribution in [0.1, 0.15) is 52.9 Å². The van der Waals surface area contributed by atoms with Gasteiger partial charge in [-0.15, -0.1) is 6.58 Å². The molecule has 0 radical (unpaired) electrons. The van der Waals surface area contributed by atoms with Gasteiger partial charge >= 0.3 is 0 Å². The van der Waals surface area contributed by atoms with Crippen molar-refractivity contribution in [2.75, 3.05) is 0 Å². The van der Waals surface area contributed by atoms with Crippen molar-refractivity contribution in [2.24, 2.45) is 28.1 Å². The smallest absolute Gasteiger partial charge is 0.156 e. The molecule has 1 saturated carbocycles. The van der Waals surface area contributed by atoms with Gasteiger partial charge in [0.05, 0.1) is 0 Å². The summed E-state index contributed by atoms with van der Waals surface area (Å²) < 4.78 is 0. The lowest BCUT2D eigenvalue weighted by atomic mass is 9.51. The average Bonchev–Trinajstić information content (AvgIpc) is 2.80. The molecule has 0 aromatic rings. The van der Waals surface area contributed by atoms with Crippen LogP contribution in [0.3, 0.4) is 0 Å². The van der Waals surface area contributed by atoms with Gasteiger partial charge in [0.1, 0.15) is 0 Å². The van der Waals surface area contributed by atoms with Crippen LogP contribution in [0.5, 0.6) is 0 Å². The standard InChI is InChI=1S/C22H28O/c1-5-20(2)11-9-19-17-7-6-15-14-16(23)8-12-21(15,3)18(17)10-13-22(19,20)4/h5-7,10,14,17,19H,1,8-9,11-13H2,2-4H3/t17?,19?,20-,21?,22+/m1/s1. The van der Waals surface area contributed by atoms with Gasteiger partial charge in [-0.1, -0.05) is 50.6 Å². The Labute approximate surface area is 140 Å². The van der Waals surface area contributed by atoms with E-state index in [1.54, 1.807) is 5.57 Å². The monoisotopic (exact) mass is 308 g/mol. The van der Waals surface area contributed by atoms with Gasteiger partial charge in [0.25, 0.3) is 0 Å². The molecule has 5 atom stereocenters. The predicted octanol–water partition coefficient (Wildman–Crippen LogP) is 5.41. The molecule has 0 bridgehead atoms. The van der Waals surface area contributed by atoms with Crippen molar-refractivity contribution in [3.05, 3.63) is 48.1 Å². The van der Waals surface area contributed by atoms with Crippen molar-refractivity contribution in [3.8, 4) is 0 Å². The van der Waals surface area contributed by atoms with E-state index in [1.807, 2.05) is 6.08 Å². The van der Waals surface area contributed by atoms with Gasteiger partial charge in [0.2, 0.25) is 0 Å². The summed E-state index contributed by atoms with van der Waals surface area (Å²) in [5.41, 5.74) is 3.48. The van der Waals surface area contributed by atoms with E-state index in [4.69, 9.17) is 0 Å². The minimum absolute atomic E-state index is 0.0851. The fraction of sp³-hybridized carbons (Fsp3) is 0.591. The summed E-state index contributed by atoms with van der Waals surface area (Å²) in [5.74, 6) is 1.55. The summed E-state index contributed by atoms with van der Waals surface area (Å²) in [6, 6.07) is 0. The number of hydrogen-bond donors (Lipinski definition) is 0. The summed E-state index contributed by atoms with van der Waals surface area (Å²) in [6.45, 7) is 11.4.